The summed E-state index contributed by atoms with van der Waals surface area (Å²) in [6.07, 6.45) is 8.24. The summed E-state index contributed by atoms with van der Waals surface area (Å²) in [5.41, 5.74) is 4.02. The molecule has 5 rings (SSSR count). The van der Waals surface area contributed by atoms with Crippen LogP contribution < -0.4 is 4.72 Å². The minimum atomic E-state index is -4.32. The van der Waals surface area contributed by atoms with Crippen LogP contribution in [0.2, 0.25) is 0 Å². The maximum Gasteiger partial charge on any atom is 0.265 e. The Morgan fingerprint density at radius 2 is 1.88 bits per heavy atom. The van der Waals surface area contributed by atoms with E-state index in [2.05, 4.69) is 26.9 Å². The lowest BCUT2D eigenvalue weighted by molar-refractivity contribution is 0.570. The molecule has 1 N–H and O–H groups in total. The number of benzene rings is 2. The van der Waals surface area contributed by atoms with Crippen LogP contribution >= 0.6 is 0 Å². The number of fused-ring (bicyclic) bond motifs is 1. The number of halogens is 2. The van der Waals surface area contributed by atoms with Gasteiger partial charge in [0.1, 0.15) is 16.5 Å². The first kappa shape index (κ1) is 22.2. The van der Waals surface area contributed by atoms with Crippen molar-refractivity contribution in [2.45, 2.75) is 37.1 Å². The number of anilines is 1. The van der Waals surface area contributed by atoms with Crippen molar-refractivity contribution >= 4 is 32.3 Å². The summed E-state index contributed by atoms with van der Waals surface area (Å²) in [6, 6.07) is 14.2. The molecule has 0 radical (unpaired) electrons. The van der Waals surface area contributed by atoms with Gasteiger partial charge in [-0.25, -0.2) is 17.8 Å². The Morgan fingerprint density at radius 1 is 1.03 bits per heavy atom. The molecule has 174 valence electrons. The molecule has 0 bridgehead atoms. The zero-order valence-electron chi connectivity index (χ0n) is 18.2. The molecule has 0 fully saturated rings. The minimum absolute atomic E-state index is 0.233. The molecule has 2 aromatic heterocycles. The van der Waals surface area contributed by atoms with Crippen LogP contribution in [0.4, 0.5) is 14.6 Å². The molecule has 0 spiro atoms. The van der Waals surface area contributed by atoms with E-state index in [0.717, 1.165) is 36.5 Å². The monoisotopic (exact) mass is 480 g/mol. The molecule has 0 saturated carbocycles. The Balaban J connectivity index is 1.48. The van der Waals surface area contributed by atoms with Gasteiger partial charge in [0, 0.05) is 11.5 Å². The highest BCUT2D eigenvalue weighted by atomic mass is 32.2. The van der Waals surface area contributed by atoms with Crippen molar-refractivity contribution in [3.05, 3.63) is 89.8 Å². The minimum Gasteiger partial charge on any atom is -0.263 e. The van der Waals surface area contributed by atoms with E-state index in [1.54, 1.807) is 4.68 Å². The SMILES string of the molecule is O=S(=O)(Nc1cccc(F)n1)c1cc2cnn(Cc3ccccc3C3=CCCCC3)c2cc1F. The van der Waals surface area contributed by atoms with Crippen LogP contribution in [-0.2, 0) is 16.6 Å². The molecule has 0 amide bonds. The van der Waals surface area contributed by atoms with Gasteiger partial charge < -0.3 is 0 Å². The number of hydrogen-bond acceptors (Lipinski definition) is 4. The maximum atomic E-state index is 15.0. The molecule has 2 aromatic carbocycles. The topological polar surface area (TPSA) is 76.9 Å². The number of hydrogen-bond donors (Lipinski definition) is 1. The number of rotatable bonds is 6. The van der Waals surface area contributed by atoms with Gasteiger partial charge in [-0.2, -0.15) is 9.49 Å². The Hall–Kier alpha value is -3.59. The van der Waals surface area contributed by atoms with Crippen molar-refractivity contribution < 1.29 is 17.2 Å². The Morgan fingerprint density at radius 3 is 2.68 bits per heavy atom. The molecule has 9 heteroatoms. The molecule has 34 heavy (non-hydrogen) atoms. The van der Waals surface area contributed by atoms with E-state index >= 15 is 0 Å². The third kappa shape index (κ3) is 4.43. The number of aromatic nitrogens is 3. The van der Waals surface area contributed by atoms with E-state index < -0.39 is 26.7 Å². The van der Waals surface area contributed by atoms with Gasteiger partial charge in [-0.15, -0.1) is 0 Å². The third-order valence-corrected chi connectivity index (χ3v) is 7.28. The third-order valence-electron chi connectivity index (χ3n) is 5.91. The normalized spacial score (nSPS) is 14.2. The van der Waals surface area contributed by atoms with Crippen LogP contribution in [0, 0.1) is 11.8 Å². The average Bonchev–Trinajstić information content (AvgIpc) is 3.20. The molecule has 0 atom stereocenters. The lowest BCUT2D eigenvalue weighted by Crippen LogP contribution is -2.16. The van der Waals surface area contributed by atoms with Crippen molar-refractivity contribution in [1.82, 2.24) is 14.8 Å². The Bertz CT molecular complexity index is 1510. The van der Waals surface area contributed by atoms with Crippen LogP contribution in [0.15, 0.2) is 71.8 Å². The number of pyridine rings is 1. The van der Waals surface area contributed by atoms with E-state index in [-0.39, 0.29) is 5.82 Å². The fraction of sp³-hybridized carbons (Fsp3) is 0.200. The summed E-state index contributed by atoms with van der Waals surface area (Å²) in [4.78, 5) is 2.92. The number of sulfonamides is 1. The average molecular weight is 481 g/mol. The lowest BCUT2D eigenvalue weighted by atomic mass is 9.91. The van der Waals surface area contributed by atoms with Gasteiger partial charge >= 0.3 is 0 Å². The second-order valence-electron chi connectivity index (χ2n) is 8.23. The van der Waals surface area contributed by atoms with Crippen LogP contribution in [0.1, 0.15) is 36.8 Å². The highest BCUT2D eigenvalue weighted by molar-refractivity contribution is 7.92. The van der Waals surface area contributed by atoms with Gasteiger partial charge in [-0.1, -0.05) is 36.4 Å². The predicted octanol–water partition coefficient (Wildman–Crippen LogP) is 5.52. The zero-order valence-corrected chi connectivity index (χ0v) is 19.0. The molecule has 1 aliphatic rings. The Kier molecular flexibility index (Phi) is 5.87. The van der Waals surface area contributed by atoms with Crippen LogP contribution in [0.5, 0.6) is 0 Å². The Labute approximate surface area is 196 Å². The summed E-state index contributed by atoms with van der Waals surface area (Å²) in [7, 11) is -4.32. The number of allylic oxidation sites excluding steroid dienone is 2. The molecular formula is C25H22F2N4O2S. The number of nitrogens with one attached hydrogen (secondary N) is 1. The predicted molar refractivity (Wildman–Crippen MR) is 127 cm³/mol. The van der Waals surface area contributed by atoms with Gasteiger partial charge in [0.05, 0.1) is 18.3 Å². The fourth-order valence-electron chi connectivity index (χ4n) is 4.28. The van der Waals surface area contributed by atoms with Crippen molar-refractivity contribution in [2.24, 2.45) is 0 Å². The summed E-state index contributed by atoms with van der Waals surface area (Å²) < 4.78 is 57.6. The molecular weight excluding hydrogens is 458 g/mol. The first-order valence-corrected chi connectivity index (χ1v) is 12.5. The first-order valence-electron chi connectivity index (χ1n) is 11.0. The van der Waals surface area contributed by atoms with E-state index in [1.807, 2.05) is 18.2 Å². The molecule has 6 nitrogen and oxygen atoms in total. The van der Waals surface area contributed by atoms with Gasteiger partial charge in [0.25, 0.3) is 10.0 Å². The highest BCUT2D eigenvalue weighted by Crippen LogP contribution is 2.30. The van der Waals surface area contributed by atoms with Crippen molar-refractivity contribution in [1.29, 1.82) is 0 Å². The first-order chi connectivity index (χ1) is 16.4. The standard InChI is InChI=1S/C25H22F2N4O2S/c26-21-14-22-19(13-23(21)34(32,33)30-25-12-6-11-24(27)29-25)15-28-31(22)16-18-9-4-5-10-20(18)17-7-2-1-3-8-17/h4-7,9-15H,1-3,8,16H2,(H,29,30). The van der Waals surface area contributed by atoms with Gasteiger partial charge in [0.2, 0.25) is 5.95 Å². The van der Waals surface area contributed by atoms with E-state index in [0.29, 0.717) is 17.4 Å². The summed E-state index contributed by atoms with van der Waals surface area (Å²) in [5, 5.41) is 4.87. The van der Waals surface area contributed by atoms with Crippen molar-refractivity contribution in [3.63, 3.8) is 0 Å². The summed E-state index contributed by atoms with van der Waals surface area (Å²) in [5.74, 6) is -2.01. The number of nitrogens with zero attached hydrogens (tertiary/aromatic N) is 3. The lowest BCUT2D eigenvalue weighted by Gasteiger charge is -2.17. The quantitative estimate of drug-likeness (QED) is 0.369. The smallest absolute Gasteiger partial charge is 0.263 e. The molecule has 1 aliphatic carbocycles. The van der Waals surface area contributed by atoms with Crippen molar-refractivity contribution in [2.75, 3.05) is 4.72 Å². The van der Waals surface area contributed by atoms with E-state index in [4.69, 9.17) is 0 Å². The molecule has 0 aliphatic heterocycles. The van der Waals surface area contributed by atoms with Crippen molar-refractivity contribution in [3.8, 4) is 0 Å². The summed E-state index contributed by atoms with van der Waals surface area (Å²) >= 11 is 0. The molecule has 0 unspecified atom stereocenters. The fourth-order valence-corrected chi connectivity index (χ4v) is 5.38. The molecule has 2 heterocycles. The van der Waals surface area contributed by atoms with Gasteiger partial charge in [-0.3, -0.25) is 9.40 Å². The highest BCUT2D eigenvalue weighted by Gasteiger charge is 2.22. The van der Waals surface area contributed by atoms with Crippen LogP contribution in [0.25, 0.3) is 16.5 Å². The van der Waals surface area contributed by atoms with E-state index in [1.165, 1.54) is 42.5 Å². The second-order valence-corrected chi connectivity index (χ2v) is 9.88. The molecule has 4 aromatic rings. The summed E-state index contributed by atoms with van der Waals surface area (Å²) in [6.45, 7) is 0.425. The zero-order chi connectivity index (χ0) is 23.7. The maximum absolute atomic E-state index is 15.0. The second kappa shape index (κ2) is 8.98. The van der Waals surface area contributed by atoms with Gasteiger partial charge in [-0.05, 0) is 60.6 Å². The van der Waals surface area contributed by atoms with Crippen LogP contribution in [-0.4, -0.2) is 23.2 Å². The largest absolute Gasteiger partial charge is 0.265 e. The molecule has 0 saturated heterocycles. The van der Waals surface area contributed by atoms with Crippen LogP contribution in [0.3, 0.4) is 0 Å². The van der Waals surface area contributed by atoms with Gasteiger partial charge in [0.15, 0.2) is 0 Å². The van der Waals surface area contributed by atoms with E-state index in [9.17, 15) is 17.2 Å².